The third-order valence-electron chi connectivity index (χ3n) is 4.37. The van der Waals surface area contributed by atoms with Crippen LogP contribution in [-0.2, 0) is 12.6 Å². The molecule has 2 aromatic carbocycles. The van der Waals surface area contributed by atoms with Crippen LogP contribution >= 0.6 is 0 Å². The minimum Gasteiger partial charge on any atom is -0.338 e. The highest BCUT2D eigenvalue weighted by atomic mass is 19.4. The van der Waals surface area contributed by atoms with Crippen molar-refractivity contribution in [3.8, 4) is 0 Å². The van der Waals surface area contributed by atoms with Crippen molar-refractivity contribution >= 4 is 5.91 Å². The second-order valence-electron chi connectivity index (χ2n) is 6.30. The van der Waals surface area contributed by atoms with E-state index in [1.54, 1.807) is 23.1 Å². The van der Waals surface area contributed by atoms with Gasteiger partial charge in [-0.3, -0.25) is 4.79 Å². The number of nitrogens with zero attached hydrogens (tertiary/aromatic N) is 1. The number of benzene rings is 2. The fraction of sp³-hybridized carbons (Fsp3) is 0.316. The van der Waals surface area contributed by atoms with Gasteiger partial charge in [-0.2, -0.15) is 13.2 Å². The monoisotopic (exact) mass is 333 g/mol. The first kappa shape index (κ1) is 16.6. The summed E-state index contributed by atoms with van der Waals surface area (Å²) in [7, 11) is 0. The van der Waals surface area contributed by atoms with Crippen LogP contribution in [0, 0.1) is 12.8 Å². The van der Waals surface area contributed by atoms with Gasteiger partial charge in [-0.25, -0.2) is 0 Å². The van der Waals surface area contributed by atoms with Gasteiger partial charge in [-0.1, -0.05) is 35.9 Å². The molecular formula is C19H18F3NO. The Kier molecular flexibility index (Phi) is 4.35. The molecule has 0 bridgehead atoms. The molecule has 0 aliphatic carbocycles. The number of hydrogen-bond acceptors (Lipinski definition) is 1. The smallest absolute Gasteiger partial charge is 0.338 e. The minimum absolute atomic E-state index is 0.0599. The van der Waals surface area contributed by atoms with Gasteiger partial charge in [0.05, 0.1) is 5.56 Å². The summed E-state index contributed by atoms with van der Waals surface area (Å²) in [6.07, 6.45) is -3.99. The summed E-state index contributed by atoms with van der Waals surface area (Å²) in [6.45, 7) is 2.95. The number of rotatable bonds is 3. The number of carbonyl (C=O) groups excluding carboxylic acids is 1. The third kappa shape index (κ3) is 3.45. The molecule has 0 unspecified atom stereocenters. The number of aryl methyl sites for hydroxylation is 1. The number of carbonyl (C=O) groups is 1. The maximum Gasteiger partial charge on any atom is 0.416 e. The highest BCUT2D eigenvalue weighted by Gasteiger charge is 2.36. The highest BCUT2D eigenvalue weighted by molar-refractivity contribution is 5.94. The zero-order valence-corrected chi connectivity index (χ0v) is 13.3. The summed E-state index contributed by atoms with van der Waals surface area (Å²) in [5.41, 5.74) is 1.43. The second kappa shape index (κ2) is 6.30. The van der Waals surface area contributed by atoms with Crippen LogP contribution in [0.1, 0.15) is 27.0 Å². The molecule has 1 saturated heterocycles. The van der Waals surface area contributed by atoms with Gasteiger partial charge in [0.2, 0.25) is 0 Å². The van der Waals surface area contributed by atoms with Gasteiger partial charge in [0.25, 0.3) is 5.91 Å². The fourth-order valence-corrected chi connectivity index (χ4v) is 3.03. The van der Waals surface area contributed by atoms with Crippen LogP contribution in [0.3, 0.4) is 0 Å². The Morgan fingerprint density at radius 3 is 2.33 bits per heavy atom. The first-order valence-electron chi connectivity index (χ1n) is 7.85. The molecule has 2 aromatic rings. The molecule has 1 fully saturated rings. The van der Waals surface area contributed by atoms with E-state index in [2.05, 4.69) is 0 Å². The number of alkyl halides is 3. The zero-order valence-electron chi connectivity index (χ0n) is 13.3. The van der Waals surface area contributed by atoms with E-state index < -0.39 is 11.7 Å². The molecule has 0 saturated carbocycles. The molecule has 0 spiro atoms. The lowest BCUT2D eigenvalue weighted by Gasteiger charge is -2.39. The first-order valence-corrected chi connectivity index (χ1v) is 7.85. The van der Waals surface area contributed by atoms with Crippen molar-refractivity contribution in [2.75, 3.05) is 13.1 Å². The molecule has 3 rings (SSSR count). The lowest BCUT2D eigenvalue weighted by atomic mass is 9.89. The van der Waals surface area contributed by atoms with Crippen molar-refractivity contribution in [1.29, 1.82) is 0 Å². The summed E-state index contributed by atoms with van der Waals surface area (Å²) in [4.78, 5) is 14.0. The molecule has 1 aliphatic heterocycles. The van der Waals surface area contributed by atoms with E-state index in [0.717, 1.165) is 11.6 Å². The van der Waals surface area contributed by atoms with E-state index in [4.69, 9.17) is 0 Å². The van der Waals surface area contributed by atoms with Crippen LogP contribution in [-0.4, -0.2) is 23.9 Å². The van der Waals surface area contributed by atoms with E-state index in [1.165, 1.54) is 12.1 Å². The van der Waals surface area contributed by atoms with Crippen molar-refractivity contribution in [1.82, 2.24) is 4.90 Å². The van der Waals surface area contributed by atoms with Gasteiger partial charge >= 0.3 is 6.18 Å². The Morgan fingerprint density at radius 1 is 1.08 bits per heavy atom. The third-order valence-corrected chi connectivity index (χ3v) is 4.37. The molecule has 0 N–H and O–H groups in total. The Bertz CT molecular complexity index is 731. The number of amides is 1. The van der Waals surface area contributed by atoms with E-state index in [-0.39, 0.29) is 11.8 Å². The van der Waals surface area contributed by atoms with Gasteiger partial charge in [0.15, 0.2) is 0 Å². The van der Waals surface area contributed by atoms with Crippen LogP contribution in [0.15, 0.2) is 48.5 Å². The Hall–Kier alpha value is -2.30. The SMILES string of the molecule is Cc1ccc(C(=O)N2CC(Cc3ccccc3C(F)(F)F)C2)cc1. The van der Waals surface area contributed by atoms with Crippen molar-refractivity contribution in [3.63, 3.8) is 0 Å². The quantitative estimate of drug-likeness (QED) is 0.819. The molecule has 0 atom stereocenters. The highest BCUT2D eigenvalue weighted by Crippen LogP contribution is 2.34. The standard InChI is InChI=1S/C19H18F3NO/c1-13-6-8-15(9-7-13)18(24)23-11-14(12-23)10-16-4-2-3-5-17(16)19(20,21)22/h2-9,14H,10-12H2,1H3. The van der Waals surface area contributed by atoms with E-state index in [9.17, 15) is 18.0 Å². The molecule has 1 aliphatic rings. The summed E-state index contributed by atoms with van der Waals surface area (Å²) in [5.74, 6) is 0.0123. The zero-order chi connectivity index (χ0) is 17.3. The van der Waals surface area contributed by atoms with Crippen molar-refractivity contribution in [3.05, 3.63) is 70.8 Å². The Morgan fingerprint density at radius 2 is 1.71 bits per heavy atom. The maximum atomic E-state index is 13.0. The number of hydrogen-bond donors (Lipinski definition) is 0. The average molecular weight is 333 g/mol. The predicted octanol–water partition coefficient (Wildman–Crippen LogP) is 4.33. The van der Waals surface area contributed by atoms with Crippen LogP contribution in [0.25, 0.3) is 0 Å². The van der Waals surface area contributed by atoms with E-state index in [0.29, 0.717) is 30.6 Å². The van der Waals surface area contributed by atoms with Crippen molar-refractivity contribution in [2.24, 2.45) is 5.92 Å². The molecule has 0 radical (unpaired) electrons. The second-order valence-corrected chi connectivity index (χ2v) is 6.30. The summed E-state index contributed by atoms with van der Waals surface area (Å²) >= 11 is 0. The Balaban J connectivity index is 1.62. The summed E-state index contributed by atoms with van der Waals surface area (Å²) in [6, 6.07) is 13.0. The van der Waals surface area contributed by atoms with Crippen LogP contribution < -0.4 is 0 Å². The molecule has 1 amide bonds. The normalized spacial score (nSPS) is 15.2. The van der Waals surface area contributed by atoms with Crippen molar-refractivity contribution in [2.45, 2.75) is 19.5 Å². The van der Waals surface area contributed by atoms with Gasteiger partial charge in [-0.05, 0) is 43.0 Å². The van der Waals surface area contributed by atoms with Crippen LogP contribution in [0.2, 0.25) is 0 Å². The molecular weight excluding hydrogens is 315 g/mol. The fourth-order valence-electron chi connectivity index (χ4n) is 3.03. The topological polar surface area (TPSA) is 20.3 Å². The molecule has 0 aromatic heterocycles. The van der Waals surface area contributed by atoms with E-state index >= 15 is 0 Å². The van der Waals surface area contributed by atoms with Gasteiger partial charge in [0.1, 0.15) is 0 Å². The summed E-state index contributed by atoms with van der Waals surface area (Å²) in [5, 5.41) is 0. The molecule has 2 nitrogen and oxygen atoms in total. The number of likely N-dealkylation sites (tertiary alicyclic amines) is 1. The van der Waals surface area contributed by atoms with Gasteiger partial charge in [-0.15, -0.1) is 0 Å². The first-order chi connectivity index (χ1) is 11.3. The lowest BCUT2D eigenvalue weighted by Crippen LogP contribution is -2.50. The van der Waals surface area contributed by atoms with Crippen LogP contribution in [0.5, 0.6) is 0 Å². The van der Waals surface area contributed by atoms with Gasteiger partial charge < -0.3 is 4.90 Å². The number of halogens is 3. The van der Waals surface area contributed by atoms with E-state index in [1.807, 2.05) is 19.1 Å². The van der Waals surface area contributed by atoms with Crippen molar-refractivity contribution < 1.29 is 18.0 Å². The van der Waals surface area contributed by atoms with Crippen LogP contribution in [0.4, 0.5) is 13.2 Å². The Labute approximate surface area is 138 Å². The molecule has 126 valence electrons. The lowest BCUT2D eigenvalue weighted by molar-refractivity contribution is -0.138. The maximum absolute atomic E-state index is 13.0. The molecule has 5 heteroatoms. The molecule has 1 heterocycles. The van der Waals surface area contributed by atoms with Gasteiger partial charge in [0, 0.05) is 18.7 Å². The summed E-state index contributed by atoms with van der Waals surface area (Å²) < 4.78 is 39.0. The molecule has 24 heavy (non-hydrogen) atoms. The average Bonchev–Trinajstić information content (AvgIpc) is 2.50. The predicted molar refractivity (Wildman–Crippen MR) is 85.7 cm³/mol. The minimum atomic E-state index is -4.34. The largest absolute Gasteiger partial charge is 0.416 e.